The number of benzene rings is 2. The number of alkyl halides is 3. The molecule has 0 aliphatic carbocycles. The molecule has 2 aliphatic heterocycles. The van der Waals surface area contributed by atoms with Crippen molar-refractivity contribution in [3.63, 3.8) is 0 Å². The lowest BCUT2D eigenvalue weighted by molar-refractivity contribution is -0.137. The first-order valence-electron chi connectivity index (χ1n) is 14.7. The number of hydrogen-bond acceptors (Lipinski definition) is 6. The fourth-order valence-electron chi connectivity index (χ4n) is 6.11. The van der Waals surface area contributed by atoms with Crippen LogP contribution >= 0.6 is 11.6 Å². The van der Waals surface area contributed by atoms with Gasteiger partial charge in [0.25, 0.3) is 11.5 Å². The van der Waals surface area contributed by atoms with Crippen molar-refractivity contribution in [3.05, 3.63) is 92.6 Å². The zero-order valence-electron chi connectivity index (χ0n) is 24.8. The number of aromatic nitrogens is 3. The largest absolute Gasteiger partial charge is 0.416 e. The number of nitrogens with one attached hydrogen (secondary N) is 1. The van der Waals surface area contributed by atoms with E-state index in [1.54, 1.807) is 10.6 Å². The summed E-state index contributed by atoms with van der Waals surface area (Å²) in [6, 6.07) is 11.7. The van der Waals surface area contributed by atoms with Crippen LogP contribution in [-0.4, -0.2) is 68.0 Å². The van der Waals surface area contributed by atoms with Gasteiger partial charge in [0.05, 0.1) is 41.8 Å². The van der Waals surface area contributed by atoms with Crippen LogP contribution in [-0.2, 0) is 17.5 Å². The van der Waals surface area contributed by atoms with Gasteiger partial charge < -0.3 is 20.1 Å². The Labute approximate surface area is 262 Å². The van der Waals surface area contributed by atoms with Crippen LogP contribution in [0.2, 0.25) is 5.15 Å². The summed E-state index contributed by atoms with van der Waals surface area (Å²) in [7, 11) is 0. The summed E-state index contributed by atoms with van der Waals surface area (Å²) in [4.78, 5) is 32.5. The van der Waals surface area contributed by atoms with E-state index in [0.29, 0.717) is 22.8 Å². The SMILES string of the molecule is Cc1cc(-n2c(Cl)cc3c(=O)n(CC4(O)CCN(C(=O)c5ccc(C(F)(F)F)cc5)CC4)cnc32)ccc1C1CO[C@H](C)CN1. The van der Waals surface area contributed by atoms with Crippen LogP contribution in [0.25, 0.3) is 16.7 Å². The molecule has 2 aromatic heterocycles. The maximum absolute atomic E-state index is 13.5. The van der Waals surface area contributed by atoms with Crippen LogP contribution in [0.1, 0.15) is 52.9 Å². The number of aliphatic hydroxyl groups is 1. The van der Waals surface area contributed by atoms with Gasteiger partial charge in [0, 0.05) is 30.9 Å². The number of piperidine rings is 1. The molecular weight excluding hydrogens is 611 g/mol. The highest BCUT2D eigenvalue weighted by Crippen LogP contribution is 2.31. The van der Waals surface area contributed by atoms with Gasteiger partial charge in [0.15, 0.2) is 5.65 Å². The number of aryl methyl sites for hydroxylation is 1. The van der Waals surface area contributed by atoms with Crippen molar-refractivity contribution in [2.24, 2.45) is 0 Å². The molecule has 9 nitrogen and oxygen atoms in total. The summed E-state index contributed by atoms with van der Waals surface area (Å²) in [6.45, 7) is 5.71. The quantitative estimate of drug-likeness (QED) is 0.321. The standard InChI is InChI=1S/C32H33ClF3N5O4/c1-19-13-23(7-8-24(19)26-16-45-20(2)15-37-26)41-27(33)14-25-28(41)38-18-40(30(25)43)17-31(44)9-11-39(12-10-31)29(42)21-3-5-22(6-4-21)32(34,35)36/h3-8,13-14,18,20,26,37,44H,9-12,15-17H2,1-2H3/t20-,26?/m1/s1. The zero-order valence-corrected chi connectivity index (χ0v) is 25.5. The molecule has 2 aliphatic rings. The first kappa shape index (κ1) is 31.3. The van der Waals surface area contributed by atoms with Gasteiger partial charge in [0.1, 0.15) is 11.5 Å². The van der Waals surface area contributed by atoms with E-state index in [9.17, 15) is 27.9 Å². The van der Waals surface area contributed by atoms with E-state index in [4.69, 9.17) is 16.3 Å². The van der Waals surface area contributed by atoms with Gasteiger partial charge in [-0.15, -0.1) is 0 Å². The van der Waals surface area contributed by atoms with Gasteiger partial charge >= 0.3 is 6.18 Å². The highest BCUT2D eigenvalue weighted by molar-refractivity contribution is 6.31. The smallest absolute Gasteiger partial charge is 0.388 e. The third kappa shape index (κ3) is 6.24. The zero-order chi connectivity index (χ0) is 32.1. The van der Waals surface area contributed by atoms with Gasteiger partial charge in [-0.1, -0.05) is 17.7 Å². The van der Waals surface area contributed by atoms with Crippen molar-refractivity contribution in [1.29, 1.82) is 0 Å². The van der Waals surface area contributed by atoms with Gasteiger partial charge in [0.2, 0.25) is 0 Å². The van der Waals surface area contributed by atoms with Crippen molar-refractivity contribution in [2.45, 2.75) is 57.2 Å². The highest BCUT2D eigenvalue weighted by Gasteiger charge is 2.36. The van der Waals surface area contributed by atoms with Crippen molar-refractivity contribution in [2.75, 3.05) is 26.2 Å². The fraction of sp³-hybridized carbons (Fsp3) is 0.406. The molecule has 2 aromatic carbocycles. The predicted molar refractivity (Wildman–Crippen MR) is 163 cm³/mol. The van der Waals surface area contributed by atoms with E-state index in [1.165, 1.54) is 15.8 Å². The molecule has 4 heterocycles. The fourth-order valence-corrected chi connectivity index (χ4v) is 6.39. The van der Waals surface area contributed by atoms with Crippen LogP contribution < -0.4 is 10.9 Å². The second-order valence-corrected chi connectivity index (χ2v) is 12.3. The highest BCUT2D eigenvalue weighted by atomic mass is 35.5. The molecule has 2 fully saturated rings. The third-order valence-corrected chi connectivity index (χ3v) is 9.01. The lowest BCUT2D eigenvalue weighted by atomic mass is 9.91. The average molecular weight is 644 g/mol. The molecule has 6 rings (SSSR count). The Morgan fingerprint density at radius 2 is 1.87 bits per heavy atom. The minimum absolute atomic E-state index is 0.0389. The molecule has 2 saturated heterocycles. The van der Waals surface area contributed by atoms with Gasteiger partial charge in [-0.25, -0.2) is 4.98 Å². The Kier molecular flexibility index (Phi) is 8.27. The number of carbonyl (C=O) groups excluding carboxylic acids is 1. The Hall–Kier alpha value is -3.71. The number of morpholine rings is 1. The van der Waals surface area contributed by atoms with Crippen LogP contribution in [0.4, 0.5) is 13.2 Å². The van der Waals surface area contributed by atoms with Crippen molar-refractivity contribution in [3.8, 4) is 5.69 Å². The number of hydrogen-bond donors (Lipinski definition) is 2. The molecule has 1 amide bonds. The summed E-state index contributed by atoms with van der Waals surface area (Å²) in [5, 5.41) is 15.5. The first-order valence-corrected chi connectivity index (χ1v) is 15.1. The molecule has 45 heavy (non-hydrogen) atoms. The lowest BCUT2D eigenvalue weighted by Crippen LogP contribution is -2.49. The number of ether oxygens (including phenoxy) is 1. The Balaban J connectivity index is 1.16. The molecule has 13 heteroatoms. The van der Waals surface area contributed by atoms with Crippen LogP contribution in [0.3, 0.4) is 0 Å². The number of amides is 1. The van der Waals surface area contributed by atoms with Gasteiger partial charge in [-0.3, -0.25) is 18.7 Å². The summed E-state index contributed by atoms with van der Waals surface area (Å²) >= 11 is 6.63. The van der Waals surface area contributed by atoms with Crippen molar-refractivity contribution >= 4 is 28.5 Å². The molecule has 0 spiro atoms. The summed E-state index contributed by atoms with van der Waals surface area (Å²) in [5.41, 5.74) is 0.978. The molecule has 0 saturated carbocycles. The van der Waals surface area contributed by atoms with E-state index in [-0.39, 0.29) is 55.7 Å². The molecule has 4 aromatic rings. The number of nitrogens with zero attached hydrogens (tertiary/aromatic N) is 4. The lowest BCUT2D eigenvalue weighted by Gasteiger charge is -2.38. The molecule has 1 unspecified atom stereocenters. The molecule has 0 bridgehead atoms. The third-order valence-electron chi connectivity index (χ3n) is 8.73. The molecule has 2 atom stereocenters. The second-order valence-electron chi connectivity index (χ2n) is 12.0. The van der Waals surface area contributed by atoms with E-state index >= 15 is 0 Å². The van der Waals surface area contributed by atoms with Crippen molar-refractivity contribution in [1.82, 2.24) is 24.3 Å². The van der Waals surface area contributed by atoms with Crippen LogP contribution in [0.15, 0.2) is 59.7 Å². The number of rotatable bonds is 5. The van der Waals surface area contributed by atoms with Crippen molar-refractivity contribution < 1.29 is 27.8 Å². The van der Waals surface area contributed by atoms with Gasteiger partial charge in [-0.05, 0) is 80.3 Å². The van der Waals surface area contributed by atoms with E-state index < -0.39 is 23.2 Å². The topological polar surface area (TPSA) is 102 Å². The maximum atomic E-state index is 13.5. The van der Waals surface area contributed by atoms with E-state index in [0.717, 1.165) is 47.6 Å². The predicted octanol–water partition coefficient (Wildman–Crippen LogP) is 4.88. The molecule has 238 valence electrons. The molecule has 2 N–H and O–H groups in total. The molecular formula is C32H33ClF3N5O4. The maximum Gasteiger partial charge on any atom is 0.416 e. The number of carbonyl (C=O) groups is 1. The summed E-state index contributed by atoms with van der Waals surface area (Å²) in [6.07, 6.45) is -2.58. The van der Waals surface area contributed by atoms with E-state index in [1.807, 2.05) is 32.0 Å². The van der Waals surface area contributed by atoms with E-state index in [2.05, 4.69) is 10.3 Å². The number of fused-ring (bicyclic) bond motifs is 1. The minimum Gasteiger partial charge on any atom is -0.388 e. The Bertz CT molecular complexity index is 1790. The Morgan fingerprint density at radius 1 is 1.16 bits per heavy atom. The number of halogens is 4. The summed E-state index contributed by atoms with van der Waals surface area (Å²) in [5.74, 6) is -0.414. The first-order chi connectivity index (χ1) is 21.3. The molecule has 0 radical (unpaired) electrons. The monoisotopic (exact) mass is 643 g/mol. The normalized spacial score (nSPS) is 20.5. The minimum atomic E-state index is -4.49. The average Bonchev–Trinajstić information content (AvgIpc) is 3.35. The number of likely N-dealkylation sites (tertiary alicyclic amines) is 1. The second kappa shape index (κ2) is 11.9. The van der Waals surface area contributed by atoms with Crippen LogP contribution in [0, 0.1) is 6.92 Å². The van der Waals surface area contributed by atoms with Crippen LogP contribution in [0.5, 0.6) is 0 Å². The summed E-state index contributed by atoms with van der Waals surface area (Å²) < 4.78 is 47.5. The van der Waals surface area contributed by atoms with Gasteiger partial charge in [-0.2, -0.15) is 13.2 Å². The Morgan fingerprint density at radius 3 is 2.49 bits per heavy atom.